The molecule has 1 heterocycles. The molecule has 1 amide bonds. The topological polar surface area (TPSA) is 93.3 Å². The van der Waals surface area contributed by atoms with Crippen molar-refractivity contribution in [3.05, 3.63) is 65.1 Å². The van der Waals surface area contributed by atoms with E-state index in [0.717, 1.165) is 32.1 Å². The maximum atomic E-state index is 12.9. The third-order valence-corrected chi connectivity index (χ3v) is 7.09. The van der Waals surface area contributed by atoms with Crippen LogP contribution in [0.5, 0.6) is 5.75 Å². The number of carbonyl (C=O) groups excluding carboxylic acids is 1. The van der Waals surface area contributed by atoms with Crippen LogP contribution in [0.3, 0.4) is 0 Å². The average Bonchev–Trinajstić information content (AvgIpc) is 3.49. The Hall–Kier alpha value is -3.90. The van der Waals surface area contributed by atoms with E-state index in [-0.39, 0.29) is 6.10 Å². The van der Waals surface area contributed by atoms with Gasteiger partial charge in [0.25, 0.3) is 0 Å². The second-order valence-electron chi connectivity index (χ2n) is 10.4. The lowest BCUT2D eigenvalue weighted by Crippen LogP contribution is -2.41. The Morgan fingerprint density at radius 2 is 2.03 bits per heavy atom. The highest BCUT2D eigenvalue weighted by molar-refractivity contribution is 7.18. The zero-order valence-corrected chi connectivity index (χ0v) is 23.0. The van der Waals surface area contributed by atoms with Crippen molar-refractivity contribution in [2.75, 3.05) is 6.54 Å². The molecule has 0 unspecified atom stereocenters. The predicted molar refractivity (Wildman–Crippen MR) is 147 cm³/mol. The van der Waals surface area contributed by atoms with Crippen molar-refractivity contribution in [2.24, 2.45) is 0 Å². The van der Waals surface area contributed by atoms with Crippen LogP contribution in [0.1, 0.15) is 58.2 Å². The molecule has 1 aliphatic rings. The van der Waals surface area contributed by atoms with Crippen LogP contribution in [0, 0.1) is 6.57 Å². The van der Waals surface area contributed by atoms with Crippen LogP contribution in [0.25, 0.3) is 25.9 Å². The van der Waals surface area contributed by atoms with Crippen LogP contribution in [0.4, 0.5) is 10.5 Å². The first-order chi connectivity index (χ1) is 18.0. The van der Waals surface area contributed by atoms with Gasteiger partial charge in [0.2, 0.25) is 5.69 Å². The summed E-state index contributed by atoms with van der Waals surface area (Å²) >= 11 is 1.52. The number of amides is 1. The van der Waals surface area contributed by atoms with Crippen molar-refractivity contribution in [2.45, 2.75) is 65.2 Å². The van der Waals surface area contributed by atoms with E-state index < -0.39 is 30.3 Å². The van der Waals surface area contributed by atoms with E-state index in [9.17, 15) is 14.7 Å². The van der Waals surface area contributed by atoms with Gasteiger partial charge in [-0.2, -0.15) is 0 Å². The van der Waals surface area contributed by atoms with Crippen molar-refractivity contribution in [3.63, 3.8) is 0 Å². The molecule has 1 aromatic heterocycles. The second-order valence-corrected chi connectivity index (χ2v) is 11.5. The Kier molecular flexibility index (Phi) is 7.74. The fraction of sp³-hybridized carbons (Fsp3) is 0.379. The number of carboxylic acids is 1. The van der Waals surface area contributed by atoms with Crippen LogP contribution < -0.4 is 4.74 Å². The summed E-state index contributed by atoms with van der Waals surface area (Å²) in [6.07, 6.45) is 2.46. The van der Waals surface area contributed by atoms with Crippen LogP contribution in [-0.2, 0) is 16.0 Å². The molecular weight excluding hydrogens is 502 g/mol. The smallest absolute Gasteiger partial charge is 0.411 e. The lowest BCUT2D eigenvalue weighted by atomic mass is 10.0. The van der Waals surface area contributed by atoms with Gasteiger partial charge in [-0.05, 0) is 76.3 Å². The number of ether oxygens (including phenoxy) is 2. The Morgan fingerprint density at radius 1 is 1.26 bits per heavy atom. The number of carbonyl (C=O) groups is 2. The number of benzene rings is 2. The number of aromatic nitrogens is 1. The minimum absolute atomic E-state index is 0.0291. The Morgan fingerprint density at radius 3 is 2.68 bits per heavy atom. The molecule has 1 atom stereocenters. The molecule has 0 saturated carbocycles. The first-order valence-corrected chi connectivity index (χ1v) is 13.3. The number of hydrogen-bond donors (Lipinski definition) is 1. The van der Waals surface area contributed by atoms with Crippen molar-refractivity contribution >= 4 is 29.1 Å². The molecule has 1 N–H and O–H groups in total. The van der Waals surface area contributed by atoms with E-state index in [1.54, 1.807) is 26.8 Å². The van der Waals surface area contributed by atoms with Crippen LogP contribution in [0.15, 0.2) is 42.6 Å². The standard InChI is InChI=1S/C29H31N3O5S/c1-17(2)36-24-13-10-18(14-22(24)30-6)27-31-15-25(38-27)21-9-7-8-20-19(21)11-12-23(20)32(16-26(33)34)28(35)37-29(3,4)5/h7-10,13-15,17,23H,11-12,16H2,1-5H3,(H,33,34)/t23-/m0/s1. The van der Waals surface area contributed by atoms with E-state index in [0.29, 0.717) is 24.3 Å². The van der Waals surface area contributed by atoms with Crippen molar-refractivity contribution in [3.8, 4) is 26.8 Å². The molecule has 0 spiro atoms. The quantitative estimate of drug-likeness (QED) is 0.325. The molecule has 1 aliphatic carbocycles. The van der Waals surface area contributed by atoms with Gasteiger partial charge in [0, 0.05) is 11.8 Å². The SMILES string of the molecule is [C-]#[N+]c1cc(-c2ncc(-c3cccc4c3CC[C@@H]4N(CC(=O)O)C(=O)OC(C)(C)C)s2)ccc1OC(C)C. The number of rotatable bonds is 7. The third kappa shape index (κ3) is 5.97. The molecule has 9 heteroatoms. The van der Waals surface area contributed by atoms with Gasteiger partial charge in [0.05, 0.1) is 23.6 Å². The maximum Gasteiger partial charge on any atom is 0.411 e. The summed E-state index contributed by atoms with van der Waals surface area (Å²) in [5, 5.41) is 10.3. The average molecular weight is 534 g/mol. The Bertz CT molecular complexity index is 1400. The number of nitrogens with zero attached hydrogens (tertiary/aromatic N) is 3. The van der Waals surface area contributed by atoms with E-state index in [1.807, 2.05) is 50.4 Å². The van der Waals surface area contributed by atoms with Crippen LogP contribution >= 0.6 is 11.3 Å². The maximum absolute atomic E-state index is 12.9. The van der Waals surface area contributed by atoms with Crippen LogP contribution in [0.2, 0.25) is 0 Å². The molecule has 0 aliphatic heterocycles. The third-order valence-electron chi connectivity index (χ3n) is 6.01. The summed E-state index contributed by atoms with van der Waals surface area (Å²) in [6, 6.07) is 11.0. The van der Waals surface area contributed by atoms with Gasteiger partial charge in [0.1, 0.15) is 22.9 Å². The molecule has 3 aromatic rings. The molecule has 4 rings (SSSR count). The molecule has 0 radical (unpaired) electrons. The Labute approximate surface area is 226 Å². The van der Waals surface area contributed by atoms with Gasteiger partial charge in [-0.1, -0.05) is 24.3 Å². The summed E-state index contributed by atoms with van der Waals surface area (Å²) < 4.78 is 11.3. The van der Waals surface area contributed by atoms with E-state index >= 15 is 0 Å². The highest BCUT2D eigenvalue weighted by atomic mass is 32.1. The summed E-state index contributed by atoms with van der Waals surface area (Å²) in [5.74, 6) is -0.533. The van der Waals surface area contributed by atoms with Gasteiger partial charge in [0.15, 0.2) is 0 Å². The fourth-order valence-corrected chi connectivity index (χ4v) is 5.54. The fourth-order valence-electron chi connectivity index (χ4n) is 4.58. The van der Waals surface area contributed by atoms with E-state index in [4.69, 9.17) is 16.0 Å². The largest absolute Gasteiger partial charge is 0.502 e. The summed E-state index contributed by atoms with van der Waals surface area (Å²) in [4.78, 5) is 35.1. The molecule has 38 heavy (non-hydrogen) atoms. The van der Waals surface area contributed by atoms with Gasteiger partial charge < -0.3 is 14.6 Å². The predicted octanol–water partition coefficient (Wildman–Crippen LogP) is 7.12. The van der Waals surface area contributed by atoms with Gasteiger partial charge in [-0.25, -0.2) is 14.6 Å². The zero-order chi connectivity index (χ0) is 27.6. The lowest BCUT2D eigenvalue weighted by molar-refractivity contribution is -0.138. The zero-order valence-electron chi connectivity index (χ0n) is 22.1. The van der Waals surface area contributed by atoms with Crippen LogP contribution in [-0.4, -0.2) is 45.3 Å². The monoisotopic (exact) mass is 533 g/mol. The molecule has 0 saturated heterocycles. The lowest BCUT2D eigenvalue weighted by Gasteiger charge is -2.31. The van der Waals surface area contributed by atoms with Gasteiger partial charge in [-0.15, -0.1) is 11.3 Å². The number of fused-ring (bicyclic) bond motifs is 1. The molecule has 0 bridgehead atoms. The number of aliphatic carboxylic acids is 1. The number of hydrogen-bond acceptors (Lipinski definition) is 6. The molecule has 2 aromatic carbocycles. The highest BCUT2D eigenvalue weighted by Gasteiger charge is 2.36. The van der Waals surface area contributed by atoms with Crippen molar-refractivity contribution < 1.29 is 24.2 Å². The first kappa shape index (κ1) is 27.1. The van der Waals surface area contributed by atoms with E-state index in [2.05, 4.69) is 9.83 Å². The van der Waals surface area contributed by atoms with Gasteiger partial charge >= 0.3 is 12.1 Å². The minimum atomic E-state index is -1.09. The number of carboxylic acid groups (broad SMARTS) is 1. The van der Waals surface area contributed by atoms with Gasteiger partial charge in [-0.3, -0.25) is 9.69 Å². The Balaban J connectivity index is 1.65. The molecule has 198 valence electrons. The second kappa shape index (κ2) is 10.8. The van der Waals surface area contributed by atoms with E-state index in [1.165, 1.54) is 16.2 Å². The summed E-state index contributed by atoms with van der Waals surface area (Å²) in [6.45, 7) is 16.2. The minimum Gasteiger partial charge on any atom is -0.502 e. The first-order valence-electron chi connectivity index (χ1n) is 12.4. The molecular formula is C29H31N3O5S. The normalized spacial score (nSPS) is 14.6. The summed E-state index contributed by atoms with van der Waals surface area (Å²) in [7, 11) is 0. The molecule has 8 nitrogen and oxygen atoms in total. The van der Waals surface area contributed by atoms with Crippen molar-refractivity contribution in [1.29, 1.82) is 0 Å². The molecule has 0 fully saturated rings. The highest BCUT2D eigenvalue weighted by Crippen LogP contribution is 2.44. The number of thiazole rings is 1. The summed E-state index contributed by atoms with van der Waals surface area (Å²) in [5.41, 5.74) is 3.56. The van der Waals surface area contributed by atoms with Crippen molar-refractivity contribution in [1.82, 2.24) is 9.88 Å².